The summed E-state index contributed by atoms with van der Waals surface area (Å²) in [5.74, 6) is 0.994. The summed E-state index contributed by atoms with van der Waals surface area (Å²) in [5, 5.41) is 6.47. The van der Waals surface area contributed by atoms with E-state index in [-0.39, 0.29) is 11.6 Å². The quantitative estimate of drug-likeness (QED) is 0.635. The summed E-state index contributed by atoms with van der Waals surface area (Å²) in [5.41, 5.74) is 3.71. The van der Waals surface area contributed by atoms with Gasteiger partial charge in [-0.25, -0.2) is 9.97 Å². The number of benzene rings is 2. The van der Waals surface area contributed by atoms with Crippen LogP contribution in [0.3, 0.4) is 0 Å². The van der Waals surface area contributed by atoms with Crippen LogP contribution in [0.1, 0.15) is 27.2 Å². The van der Waals surface area contributed by atoms with E-state index in [0.29, 0.717) is 23.1 Å². The van der Waals surface area contributed by atoms with E-state index in [1.54, 1.807) is 13.2 Å². The van der Waals surface area contributed by atoms with E-state index in [2.05, 4.69) is 20.6 Å². The van der Waals surface area contributed by atoms with Crippen LogP contribution in [0.4, 0.5) is 11.5 Å². The molecule has 0 aliphatic rings. The molecule has 3 aromatic rings. The Morgan fingerprint density at radius 1 is 1.14 bits per heavy atom. The number of halogens is 1. The topological polar surface area (TPSA) is 76.1 Å². The van der Waals surface area contributed by atoms with Crippen molar-refractivity contribution in [2.75, 3.05) is 17.7 Å². The van der Waals surface area contributed by atoms with Gasteiger partial charge in [0.2, 0.25) is 0 Å². The number of hydrogen-bond acceptors (Lipinski definition) is 5. The molecule has 0 fully saturated rings. The average molecular weight is 397 g/mol. The molecule has 0 saturated heterocycles. The molecule has 1 heterocycles. The van der Waals surface area contributed by atoms with Gasteiger partial charge < -0.3 is 15.4 Å². The number of nitrogens with zero attached hydrogens (tertiary/aromatic N) is 2. The number of para-hydroxylation sites is 1. The monoisotopic (exact) mass is 396 g/mol. The first-order chi connectivity index (χ1) is 13.5. The second-order valence-electron chi connectivity index (χ2n) is 6.35. The number of methoxy groups -OCH3 is 1. The van der Waals surface area contributed by atoms with E-state index >= 15 is 0 Å². The Balaban J connectivity index is 1.66. The summed E-state index contributed by atoms with van der Waals surface area (Å²) >= 11 is 6.24. The normalized spacial score (nSPS) is 10.4. The van der Waals surface area contributed by atoms with Crippen molar-refractivity contribution in [2.45, 2.75) is 20.4 Å². The number of anilines is 2. The van der Waals surface area contributed by atoms with Gasteiger partial charge in [-0.05, 0) is 37.1 Å². The molecule has 0 spiro atoms. The van der Waals surface area contributed by atoms with Crippen LogP contribution in [-0.2, 0) is 6.54 Å². The zero-order valence-corrected chi connectivity index (χ0v) is 16.7. The second kappa shape index (κ2) is 8.71. The summed E-state index contributed by atoms with van der Waals surface area (Å²) in [6.45, 7) is 4.38. The third kappa shape index (κ3) is 4.58. The van der Waals surface area contributed by atoms with Crippen LogP contribution >= 0.6 is 11.6 Å². The van der Waals surface area contributed by atoms with Crippen LogP contribution in [0.5, 0.6) is 5.75 Å². The van der Waals surface area contributed by atoms with E-state index in [9.17, 15) is 4.79 Å². The third-order valence-corrected chi connectivity index (χ3v) is 4.51. The Kier molecular flexibility index (Phi) is 6.11. The molecule has 0 unspecified atom stereocenters. The molecule has 0 radical (unpaired) electrons. The van der Waals surface area contributed by atoms with Crippen LogP contribution in [0.2, 0.25) is 5.02 Å². The first kappa shape index (κ1) is 19.6. The summed E-state index contributed by atoms with van der Waals surface area (Å²) in [6, 6.07) is 11.5. The minimum Gasteiger partial charge on any atom is -0.496 e. The molecule has 3 rings (SSSR count). The smallest absolute Gasteiger partial charge is 0.275 e. The zero-order chi connectivity index (χ0) is 20.1. The van der Waals surface area contributed by atoms with Gasteiger partial charge in [-0.15, -0.1) is 0 Å². The lowest BCUT2D eigenvalue weighted by atomic mass is 10.1. The molecule has 6 nitrogen and oxygen atoms in total. The van der Waals surface area contributed by atoms with Crippen molar-refractivity contribution in [3.05, 3.63) is 76.2 Å². The lowest BCUT2D eigenvalue weighted by molar-refractivity contribution is 0.102. The highest BCUT2D eigenvalue weighted by molar-refractivity contribution is 6.34. The predicted octanol–water partition coefficient (Wildman–Crippen LogP) is 4.62. The molecule has 0 saturated carbocycles. The number of aromatic nitrogens is 2. The fraction of sp³-hybridized carbons (Fsp3) is 0.190. The van der Waals surface area contributed by atoms with Crippen molar-refractivity contribution in [1.29, 1.82) is 0 Å². The molecule has 1 aromatic heterocycles. The molecular weight excluding hydrogens is 376 g/mol. The first-order valence-electron chi connectivity index (χ1n) is 8.74. The highest BCUT2D eigenvalue weighted by Gasteiger charge is 2.13. The standard InChI is InChI=1S/C21H21ClN4O2/c1-13-8-14(2)20(16(22)9-13)26-21(27)17-11-25-19(12-23-17)24-10-15-6-4-5-7-18(15)28-3/h4-9,11-12H,10H2,1-3H3,(H,24,25)(H,26,27). The van der Waals surface area contributed by atoms with Gasteiger partial charge in [0.25, 0.3) is 5.91 Å². The number of rotatable bonds is 6. The molecule has 0 atom stereocenters. The molecule has 28 heavy (non-hydrogen) atoms. The summed E-state index contributed by atoms with van der Waals surface area (Å²) in [6.07, 6.45) is 2.95. The lowest BCUT2D eigenvalue weighted by Gasteiger charge is -2.12. The number of nitrogens with one attached hydrogen (secondary N) is 2. The van der Waals surface area contributed by atoms with Crippen molar-refractivity contribution >= 4 is 29.0 Å². The van der Waals surface area contributed by atoms with Gasteiger partial charge in [0.05, 0.1) is 30.2 Å². The van der Waals surface area contributed by atoms with Crippen molar-refractivity contribution in [2.24, 2.45) is 0 Å². The number of ether oxygens (including phenoxy) is 1. The van der Waals surface area contributed by atoms with Crippen molar-refractivity contribution in [3.63, 3.8) is 0 Å². The van der Waals surface area contributed by atoms with E-state index in [4.69, 9.17) is 16.3 Å². The third-order valence-electron chi connectivity index (χ3n) is 4.21. The van der Waals surface area contributed by atoms with Gasteiger partial charge in [-0.3, -0.25) is 4.79 Å². The average Bonchev–Trinajstić information content (AvgIpc) is 2.69. The van der Waals surface area contributed by atoms with Gasteiger partial charge in [0, 0.05) is 12.1 Å². The molecule has 7 heteroatoms. The number of aryl methyl sites for hydroxylation is 2. The van der Waals surface area contributed by atoms with Crippen LogP contribution in [-0.4, -0.2) is 23.0 Å². The Morgan fingerprint density at radius 3 is 2.61 bits per heavy atom. The van der Waals surface area contributed by atoms with Gasteiger partial charge in [0.15, 0.2) is 0 Å². The van der Waals surface area contributed by atoms with E-state index < -0.39 is 0 Å². The largest absolute Gasteiger partial charge is 0.496 e. The predicted molar refractivity (Wildman–Crippen MR) is 111 cm³/mol. The fourth-order valence-corrected chi connectivity index (χ4v) is 3.19. The maximum Gasteiger partial charge on any atom is 0.275 e. The molecule has 0 aliphatic carbocycles. The fourth-order valence-electron chi connectivity index (χ4n) is 2.82. The first-order valence-corrected chi connectivity index (χ1v) is 9.11. The van der Waals surface area contributed by atoms with Gasteiger partial charge >= 0.3 is 0 Å². The SMILES string of the molecule is COc1ccccc1CNc1cnc(C(=O)Nc2c(C)cc(C)cc2Cl)cn1. The summed E-state index contributed by atoms with van der Waals surface area (Å²) in [4.78, 5) is 20.9. The highest BCUT2D eigenvalue weighted by atomic mass is 35.5. The van der Waals surface area contributed by atoms with Crippen LogP contribution in [0.15, 0.2) is 48.8 Å². The van der Waals surface area contributed by atoms with Crippen LogP contribution in [0, 0.1) is 13.8 Å². The molecule has 0 bridgehead atoms. The minimum atomic E-state index is -0.363. The Morgan fingerprint density at radius 2 is 1.93 bits per heavy atom. The van der Waals surface area contributed by atoms with Crippen LogP contribution < -0.4 is 15.4 Å². The van der Waals surface area contributed by atoms with Crippen molar-refractivity contribution in [1.82, 2.24) is 9.97 Å². The Bertz CT molecular complexity index is 967. The number of carbonyl (C=O) groups is 1. The summed E-state index contributed by atoms with van der Waals surface area (Å²) in [7, 11) is 1.63. The Hall–Kier alpha value is -3.12. The molecule has 2 N–H and O–H groups in total. The lowest BCUT2D eigenvalue weighted by Crippen LogP contribution is -2.15. The molecule has 0 aliphatic heterocycles. The van der Waals surface area contributed by atoms with E-state index in [0.717, 1.165) is 22.4 Å². The maximum absolute atomic E-state index is 12.5. The van der Waals surface area contributed by atoms with Gasteiger partial charge in [-0.2, -0.15) is 0 Å². The minimum absolute atomic E-state index is 0.207. The summed E-state index contributed by atoms with van der Waals surface area (Å²) < 4.78 is 5.33. The number of hydrogen-bond donors (Lipinski definition) is 2. The van der Waals surface area contributed by atoms with Gasteiger partial charge in [-0.1, -0.05) is 35.9 Å². The number of carbonyl (C=O) groups excluding carboxylic acids is 1. The van der Waals surface area contributed by atoms with Gasteiger partial charge in [0.1, 0.15) is 17.3 Å². The highest BCUT2D eigenvalue weighted by Crippen LogP contribution is 2.27. The van der Waals surface area contributed by atoms with E-state index in [1.807, 2.05) is 44.2 Å². The second-order valence-corrected chi connectivity index (χ2v) is 6.75. The molecular formula is C21H21ClN4O2. The zero-order valence-electron chi connectivity index (χ0n) is 15.9. The molecule has 144 valence electrons. The molecule has 2 aromatic carbocycles. The van der Waals surface area contributed by atoms with E-state index in [1.165, 1.54) is 12.4 Å². The Labute approximate surface area is 168 Å². The van der Waals surface area contributed by atoms with Crippen molar-refractivity contribution in [3.8, 4) is 5.75 Å². The maximum atomic E-state index is 12.5. The van der Waals surface area contributed by atoms with Crippen LogP contribution in [0.25, 0.3) is 0 Å². The number of amides is 1. The molecule has 1 amide bonds. The van der Waals surface area contributed by atoms with Crippen molar-refractivity contribution < 1.29 is 9.53 Å².